The summed E-state index contributed by atoms with van der Waals surface area (Å²) in [5.41, 5.74) is 0. The number of ether oxygens (including phenoxy) is 2. The molecule has 0 heterocycles. The molecule has 0 radical (unpaired) electrons. The number of rotatable bonds is 10. The average Bonchev–Trinajstić information content (AvgIpc) is 2.78. The van der Waals surface area contributed by atoms with Crippen molar-refractivity contribution in [2.45, 2.75) is 33.0 Å². The van der Waals surface area contributed by atoms with Crippen molar-refractivity contribution in [1.29, 1.82) is 0 Å². The summed E-state index contributed by atoms with van der Waals surface area (Å²) in [6, 6.07) is 31.7. The summed E-state index contributed by atoms with van der Waals surface area (Å²) < 4.78 is 11.8. The summed E-state index contributed by atoms with van der Waals surface area (Å²) in [5.74, 6) is -3.79. The molecule has 0 aliphatic heterocycles. The molecular weight excluding hydrogens is 411 g/mol. The van der Waals surface area contributed by atoms with E-state index in [1.165, 1.54) is 15.9 Å². The van der Waals surface area contributed by atoms with Gasteiger partial charge in [0.05, 0.1) is 0 Å². The fourth-order valence-corrected chi connectivity index (χ4v) is 10.3. The molecule has 4 heteroatoms. The van der Waals surface area contributed by atoms with Crippen LogP contribution in [0.1, 0.15) is 27.2 Å². The van der Waals surface area contributed by atoms with Gasteiger partial charge in [0.15, 0.2) is 0 Å². The zero-order chi connectivity index (χ0) is 21.5. The van der Waals surface area contributed by atoms with Crippen molar-refractivity contribution in [2.24, 2.45) is 0 Å². The first-order valence-electron chi connectivity index (χ1n) is 10.6. The van der Waals surface area contributed by atoms with Crippen molar-refractivity contribution in [2.75, 3.05) is 19.4 Å². The third kappa shape index (κ3) is 4.63. The minimum absolute atomic E-state index is 0.587. The SMILES string of the molecule is CCOC(C)(C)OCCCP(Cl)(c1ccccc1)(c1ccccc1)c1ccccc1. The van der Waals surface area contributed by atoms with Crippen LogP contribution >= 0.6 is 17.2 Å². The number of hydrogen-bond acceptors (Lipinski definition) is 2. The molecule has 0 spiro atoms. The van der Waals surface area contributed by atoms with E-state index in [9.17, 15) is 0 Å². The number of halogens is 1. The van der Waals surface area contributed by atoms with E-state index in [-0.39, 0.29) is 0 Å². The molecule has 3 aromatic rings. The molecule has 0 saturated heterocycles. The molecule has 0 bridgehead atoms. The van der Waals surface area contributed by atoms with Crippen LogP contribution < -0.4 is 15.9 Å². The zero-order valence-electron chi connectivity index (χ0n) is 18.1. The first-order valence-corrected chi connectivity index (χ1v) is 13.9. The first kappa shape index (κ1) is 23.0. The Balaban J connectivity index is 2.06. The van der Waals surface area contributed by atoms with Crippen molar-refractivity contribution in [3.63, 3.8) is 0 Å². The number of hydrogen-bond donors (Lipinski definition) is 0. The van der Waals surface area contributed by atoms with Crippen molar-refractivity contribution >= 4 is 33.1 Å². The topological polar surface area (TPSA) is 18.5 Å². The van der Waals surface area contributed by atoms with Crippen LogP contribution in [0, 0.1) is 0 Å². The van der Waals surface area contributed by atoms with Gasteiger partial charge in [-0.05, 0) is 0 Å². The van der Waals surface area contributed by atoms with E-state index in [2.05, 4.69) is 72.8 Å². The maximum absolute atomic E-state index is 8.03. The van der Waals surface area contributed by atoms with Crippen molar-refractivity contribution in [3.8, 4) is 0 Å². The van der Waals surface area contributed by atoms with Crippen LogP contribution in [-0.2, 0) is 9.47 Å². The minimum atomic E-state index is -3.20. The fourth-order valence-electron chi connectivity index (χ4n) is 4.12. The van der Waals surface area contributed by atoms with Gasteiger partial charge in [-0.1, -0.05) is 0 Å². The molecule has 3 rings (SSSR count). The van der Waals surface area contributed by atoms with Crippen LogP contribution in [0.4, 0.5) is 0 Å². The molecule has 30 heavy (non-hydrogen) atoms. The molecule has 0 aliphatic carbocycles. The van der Waals surface area contributed by atoms with Gasteiger partial charge in [-0.2, -0.15) is 0 Å². The zero-order valence-corrected chi connectivity index (χ0v) is 19.8. The average molecular weight is 443 g/mol. The van der Waals surface area contributed by atoms with Crippen LogP contribution in [0.5, 0.6) is 0 Å². The Morgan fingerprint density at radius 1 is 0.700 bits per heavy atom. The van der Waals surface area contributed by atoms with Crippen molar-refractivity contribution in [1.82, 2.24) is 0 Å². The summed E-state index contributed by atoms with van der Waals surface area (Å²) in [6.07, 6.45) is 1.64. The van der Waals surface area contributed by atoms with Gasteiger partial charge in [0, 0.05) is 0 Å². The van der Waals surface area contributed by atoms with Gasteiger partial charge in [0.1, 0.15) is 0 Å². The van der Waals surface area contributed by atoms with E-state index >= 15 is 0 Å². The van der Waals surface area contributed by atoms with Crippen LogP contribution in [0.2, 0.25) is 0 Å². The summed E-state index contributed by atoms with van der Waals surface area (Å²) in [7, 11) is 0. The molecule has 0 N–H and O–H groups in total. The maximum atomic E-state index is 8.03. The Kier molecular flexibility index (Phi) is 7.37. The normalized spacial score (nSPS) is 13.5. The van der Waals surface area contributed by atoms with E-state index in [0.29, 0.717) is 13.2 Å². The Bertz CT molecular complexity index is 814. The molecule has 0 amide bonds. The van der Waals surface area contributed by atoms with Crippen LogP contribution in [0.3, 0.4) is 0 Å². The van der Waals surface area contributed by atoms with Gasteiger partial charge < -0.3 is 0 Å². The van der Waals surface area contributed by atoms with Crippen molar-refractivity contribution < 1.29 is 9.47 Å². The Labute approximate surface area is 185 Å². The van der Waals surface area contributed by atoms with Crippen molar-refractivity contribution in [3.05, 3.63) is 91.0 Å². The standard InChI is InChI=1S/C26H32ClO2P/c1-4-28-26(2,3)29-21-14-22-30(27,23-15-8-5-9-16-23,24-17-10-6-11-18-24)25-19-12-7-13-20-25/h5-13,15-20H,4,14,21-22H2,1-3H3. The number of benzene rings is 3. The molecule has 0 unspecified atom stereocenters. The molecule has 2 nitrogen and oxygen atoms in total. The van der Waals surface area contributed by atoms with Crippen LogP contribution in [-0.4, -0.2) is 25.2 Å². The van der Waals surface area contributed by atoms with Gasteiger partial charge in [-0.3, -0.25) is 0 Å². The summed E-state index contributed by atoms with van der Waals surface area (Å²) in [6.45, 7) is 7.12. The van der Waals surface area contributed by atoms with Crippen LogP contribution in [0.25, 0.3) is 0 Å². The quantitative estimate of drug-likeness (QED) is 0.223. The molecule has 0 aliphatic rings. The molecule has 160 valence electrons. The fraction of sp³-hybridized carbons (Fsp3) is 0.308. The second-order valence-electron chi connectivity index (χ2n) is 7.95. The molecule has 0 atom stereocenters. The Morgan fingerprint density at radius 3 is 1.47 bits per heavy atom. The monoisotopic (exact) mass is 442 g/mol. The van der Waals surface area contributed by atoms with Crippen LogP contribution in [0.15, 0.2) is 91.0 Å². The summed E-state index contributed by atoms with van der Waals surface area (Å²) >= 11 is 8.03. The Morgan fingerprint density at radius 2 is 1.10 bits per heavy atom. The van der Waals surface area contributed by atoms with Gasteiger partial charge in [-0.25, -0.2) is 0 Å². The summed E-state index contributed by atoms with van der Waals surface area (Å²) in [5, 5.41) is 3.56. The second-order valence-corrected chi connectivity index (χ2v) is 14.5. The van der Waals surface area contributed by atoms with E-state index in [1.54, 1.807) is 0 Å². The molecule has 0 saturated carbocycles. The van der Waals surface area contributed by atoms with E-state index in [4.69, 9.17) is 20.7 Å². The molecular formula is C26H32ClO2P. The second kappa shape index (κ2) is 9.62. The van der Waals surface area contributed by atoms with Gasteiger partial charge >= 0.3 is 186 Å². The third-order valence-corrected chi connectivity index (χ3v) is 13.1. The molecule has 3 aromatic carbocycles. The first-order chi connectivity index (χ1) is 14.4. The van der Waals surface area contributed by atoms with Gasteiger partial charge in [0.2, 0.25) is 0 Å². The predicted octanol–water partition coefficient (Wildman–Crippen LogP) is 5.85. The van der Waals surface area contributed by atoms with Gasteiger partial charge in [-0.15, -0.1) is 0 Å². The summed E-state index contributed by atoms with van der Waals surface area (Å²) in [4.78, 5) is 0. The Hall–Kier alpha value is -1.70. The molecule has 0 aromatic heterocycles. The predicted molar refractivity (Wildman–Crippen MR) is 132 cm³/mol. The van der Waals surface area contributed by atoms with E-state index in [0.717, 1.165) is 12.6 Å². The van der Waals surface area contributed by atoms with E-state index in [1.807, 2.05) is 39.0 Å². The third-order valence-electron chi connectivity index (χ3n) is 5.55. The molecule has 0 fully saturated rings. The van der Waals surface area contributed by atoms with Gasteiger partial charge in [0.25, 0.3) is 0 Å². The van der Waals surface area contributed by atoms with E-state index < -0.39 is 11.7 Å².